The molecule has 3 rings (SSSR count). The van der Waals surface area contributed by atoms with Crippen LogP contribution in [0.4, 0.5) is 0 Å². The maximum atomic E-state index is 12.8. The molecule has 2 saturated heterocycles. The van der Waals surface area contributed by atoms with Gasteiger partial charge in [-0.3, -0.25) is 9.59 Å². The fourth-order valence-corrected chi connectivity index (χ4v) is 4.05. The van der Waals surface area contributed by atoms with Crippen LogP contribution in [0.25, 0.3) is 0 Å². The van der Waals surface area contributed by atoms with Crippen molar-refractivity contribution in [1.82, 2.24) is 9.80 Å². The van der Waals surface area contributed by atoms with Gasteiger partial charge < -0.3 is 14.5 Å². The molecule has 5 heteroatoms. The Hall–Kier alpha value is -2.04. The molecule has 0 spiro atoms. The molecule has 0 aliphatic carbocycles. The lowest BCUT2D eigenvalue weighted by atomic mass is 9.94. The third-order valence-corrected chi connectivity index (χ3v) is 5.65. The van der Waals surface area contributed by atoms with E-state index < -0.39 is 0 Å². The zero-order chi connectivity index (χ0) is 18.4. The highest BCUT2D eigenvalue weighted by Crippen LogP contribution is 2.24. The topological polar surface area (TPSA) is 49.9 Å². The van der Waals surface area contributed by atoms with Gasteiger partial charge >= 0.3 is 0 Å². The van der Waals surface area contributed by atoms with E-state index in [0.29, 0.717) is 25.4 Å². The lowest BCUT2D eigenvalue weighted by Gasteiger charge is -2.34. The van der Waals surface area contributed by atoms with Crippen LogP contribution in [0.2, 0.25) is 0 Å². The van der Waals surface area contributed by atoms with Gasteiger partial charge in [0.05, 0.1) is 13.5 Å². The molecular weight excluding hydrogens is 328 g/mol. The average molecular weight is 358 g/mol. The van der Waals surface area contributed by atoms with E-state index in [-0.39, 0.29) is 11.8 Å². The van der Waals surface area contributed by atoms with E-state index >= 15 is 0 Å². The van der Waals surface area contributed by atoms with Gasteiger partial charge in [-0.1, -0.05) is 31.0 Å². The minimum absolute atomic E-state index is 0.0865. The van der Waals surface area contributed by atoms with Crippen molar-refractivity contribution in [3.8, 4) is 5.75 Å². The van der Waals surface area contributed by atoms with Crippen molar-refractivity contribution < 1.29 is 14.3 Å². The third kappa shape index (κ3) is 4.57. The Morgan fingerprint density at radius 2 is 1.62 bits per heavy atom. The first-order valence-electron chi connectivity index (χ1n) is 9.87. The summed E-state index contributed by atoms with van der Waals surface area (Å²) in [5, 5.41) is 0. The van der Waals surface area contributed by atoms with Crippen LogP contribution in [0.3, 0.4) is 0 Å². The number of benzene rings is 1. The Labute approximate surface area is 156 Å². The molecule has 2 fully saturated rings. The summed E-state index contributed by atoms with van der Waals surface area (Å²) in [6, 6.07) is 7.66. The normalized spacial score (nSPS) is 19.1. The second kappa shape index (κ2) is 9.06. The predicted molar refractivity (Wildman–Crippen MR) is 101 cm³/mol. The van der Waals surface area contributed by atoms with Crippen molar-refractivity contribution in [2.45, 2.75) is 44.9 Å². The molecule has 0 unspecified atom stereocenters. The zero-order valence-corrected chi connectivity index (χ0v) is 15.8. The smallest absolute Gasteiger partial charge is 0.227 e. The molecule has 0 N–H and O–H groups in total. The van der Waals surface area contributed by atoms with Crippen molar-refractivity contribution in [3.05, 3.63) is 29.8 Å². The van der Waals surface area contributed by atoms with Crippen molar-refractivity contribution in [3.63, 3.8) is 0 Å². The fourth-order valence-electron chi connectivity index (χ4n) is 4.05. The molecule has 0 bridgehead atoms. The monoisotopic (exact) mass is 358 g/mol. The van der Waals surface area contributed by atoms with E-state index in [4.69, 9.17) is 4.74 Å². The molecule has 26 heavy (non-hydrogen) atoms. The maximum Gasteiger partial charge on any atom is 0.227 e. The number of para-hydroxylation sites is 1. The second-order valence-corrected chi connectivity index (χ2v) is 7.38. The van der Waals surface area contributed by atoms with Crippen LogP contribution in [-0.2, 0) is 16.0 Å². The largest absolute Gasteiger partial charge is 0.496 e. The van der Waals surface area contributed by atoms with E-state index in [1.54, 1.807) is 7.11 Å². The van der Waals surface area contributed by atoms with Crippen LogP contribution >= 0.6 is 0 Å². The highest BCUT2D eigenvalue weighted by Gasteiger charge is 2.30. The van der Waals surface area contributed by atoms with E-state index in [2.05, 4.69) is 4.90 Å². The first-order valence-corrected chi connectivity index (χ1v) is 9.87. The number of hydrogen-bond donors (Lipinski definition) is 0. The molecule has 1 aromatic rings. The van der Waals surface area contributed by atoms with Crippen molar-refractivity contribution >= 4 is 11.8 Å². The fraction of sp³-hybridized carbons (Fsp3) is 0.619. The third-order valence-electron chi connectivity index (χ3n) is 5.65. The van der Waals surface area contributed by atoms with E-state index in [1.165, 1.54) is 12.8 Å². The van der Waals surface area contributed by atoms with Crippen molar-refractivity contribution in [2.24, 2.45) is 5.92 Å². The van der Waals surface area contributed by atoms with Gasteiger partial charge in [-0.25, -0.2) is 0 Å². The van der Waals surface area contributed by atoms with Crippen molar-refractivity contribution in [2.75, 3.05) is 33.3 Å². The summed E-state index contributed by atoms with van der Waals surface area (Å²) >= 11 is 0. The number of nitrogens with zero attached hydrogens (tertiary/aromatic N) is 2. The summed E-state index contributed by atoms with van der Waals surface area (Å²) in [4.78, 5) is 29.4. The molecule has 1 aromatic carbocycles. The van der Waals surface area contributed by atoms with Gasteiger partial charge in [-0.15, -0.1) is 0 Å². The van der Waals surface area contributed by atoms with Gasteiger partial charge in [0.2, 0.25) is 11.8 Å². The first-order chi connectivity index (χ1) is 12.7. The summed E-state index contributed by atoms with van der Waals surface area (Å²) in [5.74, 6) is 1.27. The first kappa shape index (κ1) is 18.7. The average Bonchev–Trinajstić information content (AvgIpc) is 2.97. The molecule has 0 atom stereocenters. The van der Waals surface area contributed by atoms with E-state index in [9.17, 15) is 9.59 Å². The number of piperidine rings is 1. The number of rotatable bonds is 4. The zero-order valence-electron chi connectivity index (χ0n) is 15.8. The molecule has 0 radical (unpaired) electrons. The molecule has 2 aliphatic rings. The van der Waals surface area contributed by atoms with Crippen LogP contribution in [-0.4, -0.2) is 54.9 Å². The van der Waals surface area contributed by atoms with Crippen molar-refractivity contribution in [1.29, 1.82) is 0 Å². The van der Waals surface area contributed by atoms with E-state index in [0.717, 1.165) is 50.1 Å². The number of methoxy groups -OCH3 is 1. The van der Waals surface area contributed by atoms with Gasteiger partial charge in [0, 0.05) is 37.7 Å². The number of amides is 2. The molecule has 2 aliphatic heterocycles. The standard InChI is InChI=1S/C21H30N2O3/c1-26-19-9-5-4-8-18(19)16-20(24)22-14-10-17(11-15-22)21(25)23-12-6-2-3-7-13-23/h4-5,8-9,17H,2-3,6-7,10-16H2,1H3. The Bertz CT molecular complexity index is 615. The van der Waals surface area contributed by atoms with Crippen LogP contribution in [0.1, 0.15) is 44.1 Å². The highest BCUT2D eigenvalue weighted by atomic mass is 16.5. The lowest BCUT2D eigenvalue weighted by Crippen LogP contribution is -2.45. The van der Waals surface area contributed by atoms with E-state index in [1.807, 2.05) is 29.2 Å². The SMILES string of the molecule is COc1ccccc1CC(=O)N1CCC(C(=O)N2CCCCCC2)CC1. The summed E-state index contributed by atoms with van der Waals surface area (Å²) < 4.78 is 5.34. The quantitative estimate of drug-likeness (QED) is 0.832. The summed E-state index contributed by atoms with van der Waals surface area (Å²) in [6.45, 7) is 3.17. The molecule has 0 saturated carbocycles. The second-order valence-electron chi connectivity index (χ2n) is 7.38. The van der Waals surface area contributed by atoms with Crippen LogP contribution in [0.5, 0.6) is 5.75 Å². The minimum Gasteiger partial charge on any atom is -0.496 e. The Morgan fingerprint density at radius 1 is 0.962 bits per heavy atom. The maximum absolute atomic E-state index is 12.8. The van der Waals surface area contributed by atoms with Gasteiger partial charge in [0.1, 0.15) is 5.75 Å². The number of likely N-dealkylation sites (tertiary alicyclic amines) is 2. The molecule has 142 valence electrons. The lowest BCUT2D eigenvalue weighted by molar-refractivity contribution is -0.140. The van der Waals surface area contributed by atoms with Crippen LogP contribution in [0.15, 0.2) is 24.3 Å². The number of hydrogen-bond acceptors (Lipinski definition) is 3. The Balaban J connectivity index is 1.51. The molecule has 5 nitrogen and oxygen atoms in total. The van der Waals surface area contributed by atoms with Gasteiger partial charge in [0.15, 0.2) is 0 Å². The number of ether oxygens (including phenoxy) is 1. The number of carbonyl (C=O) groups is 2. The van der Waals surface area contributed by atoms with Crippen LogP contribution in [0, 0.1) is 5.92 Å². The van der Waals surface area contributed by atoms with Crippen LogP contribution < -0.4 is 4.74 Å². The molecule has 2 amide bonds. The molecule has 2 heterocycles. The predicted octanol–water partition coefficient (Wildman–Crippen LogP) is 2.88. The van der Waals surface area contributed by atoms with Gasteiger partial charge in [-0.05, 0) is 31.7 Å². The molecule has 0 aromatic heterocycles. The Kier molecular flexibility index (Phi) is 6.53. The minimum atomic E-state index is 0.0865. The molecular formula is C21H30N2O3. The summed E-state index contributed by atoms with van der Waals surface area (Å²) in [5.41, 5.74) is 0.919. The Morgan fingerprint density at radius 3 is 2.27 bits per heavy atom. The number of carbonyl (C=O) groups excluding carboxylic acids is 2. The summed E-state index contributed by atoms with van der Waals surface area (Å²) in [7, 11) is 1.63. The highest BCUT2D eigenvalue weighted by molar-refractivity contribution is 5.81. The van der Waals surface area contributed by atoms with Gasteiger partial charge in [0.25, 0.3) is 0 Å². The summed E-state index contributed by atoms with van der Waals surface area (Å²) in [6.07, 6.45) is 6.65. The van der Waals surface area contributed by atoms with Gasteiger partial charge in [-0.2, -0.15) is 0 Å².